The SMILES string of the molecule is CC(C)c1ccccc1Nc1ccc(NC(=O)c2ccccc2)nc1. The maximum absolute atomic E-state index is 12.1. The predicted octanol–water partition coefficient (Wildman–Crippen LogP) is 5.20. The predicted molar refractivity (Wildman–Crippen MR) is 102 cm³/mol. The van der Waals surface area contributed by atoms with Crippen molar-refractivity contribution >= 4 is 23.1 Å². The van der Waals surface area contributed by atoms with Crippen LogP contribution in [0.1, 0.15) is 35.7 Å². The maximum Gasteiger partial charge on any atom is 0.256 e. The Labute approximate surface area is 147 Å². The smallest absolute Gasteiger partial charge is 0.256 e. The molecule has 0 unspecified atom stereocenters. The van der Waals surface area contributed by atoms with Crippen molar-refractivity contribution in [3.8, 4) is 0 Å². The molecule has 4 heteroatoms. The highest BCUT2D eigenvalue weighted by molar-refractivity contribution is 6.03. The molecule has 0 aliphatic heterocycles. The molecular formula is C21H21N3O. The van der Waals surface area contributed by atoms with Gasteiger partial charge in [0.25, 0.3) is 5.91 Å². The fourth-order valence-corrected chi connectivity index (χ4v) is 2.59. The van der Waals surface area contributed by atoms with Crippen molar-refractivity contribution in [3.63, 3.8) is 0 Å². The van der Waals surface area contributed by atoms with E-state index in [1.54, 1.807) is 24.4 Å². The number of benzene rings is 2. The molecule has 0 saturated carbocycles. The van der Waals surface area contributed by atoms with Crippen LogP contribution >= 0.6 is 0 Å². The lowest BCUT2D eigenvalue weighted by atomic mass is 10.0. The minimum absolute atomic E-state index is 0.168. The zero-order valence-electron chi connectivity index (χ0n) is 14.4. The van der Waals surface area contributed by atoms with Crippen molar-refractivity contribution < 1.29 is 4.79 Å². The van der Waals surface area contributed by atoms with E-state index >= 15 is 0 Å². The van der Waals surface area contributed by atoms with Gasteiger partial charge in [-0.2, -0.15) is 0 Å². The van der Waals surface area contributed by atoms with Gasteiger partial charge in [0.15, 0.2) is 0 Å². The zero-order valence-corrected chi connectivity index (χ0v) is 14.4. The fraction of sp³-hybridized carbons (Fsp3) is 0.143. The third kappa shape index (κ3) is 4.23. The quantitative estimate of drug-likeness (QED) is 0.675. The molecule has 0 aliphatic carbocycles. The van der Waals surface area contributed by atoms with E-state index < -0.39 is 0 Å². The van der Waals surface area contributed by atoms with Crippen LogP contribution < -0.4 is 10.6 Å². The third-order valence-corrected chi connectivity index (χ3v) is 3.90. The molecule has 4 nitrogen and oxygen atoms in total. The van der Waals surface area contributed by atoms with Crippen LogP contribution in [0.4, 0.5) is 17.2 Å². The average molecular weight is 331 g/mol. The number of amides is 1. The highest BCUT2D eigenvalue weighted by atomic mass is 16.1. The van der Waals surface area contributed by atoms with E-state index in [0.29, 0.717) is 17.3 Å². The maximum atomic E-state index is 12.1. The van der Waals surface area contributed by atoms with Crippen LogP contribution in [0.3, 0.4) is 0 Å². The molecule has 3 rings (SSSR count). The fourth-order valence-electron chi connectivity index (χ4n) is 2.59. The molecule has 0 atom stereocenters. The molecule has 0 radical (unpaired) electrons. The number of anilines is 3. The summed E-state index contributed by atoms with van der Waals surface area (Å²) < 4.78 is 0. The van der Waals surface area contributed by atoms with E-state index in [1.807, 2.05) is 36.4 Å². The molecule has 2 N–H and O–H groups in total. The molecule has 0 spiro atoms. The Morgan fingerprint density at radius 3 is 2.32 bits per heavy atom. The lowest BCUT2D eigenvalue weighted by Crippen LogP contribution is -2.12. The summed E-state index contributed by atoms with van der Waals surface area (Å²) in [6, 6.07) is 21.0. The van der Waals surface area contributed by atoms with E-state index in [-0.39, 0.29) is 5.91 Å². The number of aromatic nitrogens is 1. The molecule has 126 valence electrons. The summed E-state index contributed by atoms with van der Waals surface area (Å²) in [5.41, 5.74) is 3.81. The zero-order chi connectivity index (χ0) is 17.6. The molecular weight excluding hydrogens is 310 g/mol. The number of carbonyl (C=O) groups excluding carboxylic acids is 1. The summed E-state index contributed by atoms with van der Waals surface area (Å²) in [5, 5.41) is 6.19. The van der Waals surface area contributed by atoms with E-state index in [0.717, 1.165) is 11.4 Å². The summed E-state index contributed by atoms with van der Waals surface area (Å²) in [7, 11) is 0. The van der Waals surface area contributed by atoms with Crippen molar-refractivity contribution in [2.45, 2.75) is 19.8 Å². The Balaban J connectivity index is 1.70. The minimum Gasteiger partial charge on any atom is -0.354 e. The minimum atomic E-state index is -0.168. The summed E-state index contributed by atoms with van der Waals surface area (Å²) in [4.78, 5) is 16.5. The van der Waals surface area contributed by atoms with Gasteiger partial charge in [-0.25, -0.2) is 4.98 Å². The third-order valence-electron chi connectivity index (χ3n) is 3.90. The molecule has 1 aromatic heterocycles. The molecule has 1 amide bonds. The summed E-state index contributed by atoms with van der Waals surface area (Å²) in [5.74, 6) is 0.789. The number of rotatable bonds is 5. The number of para-hydroxylation sites is 1. The van der Waals surface area contributed by atoms with Crippen molar-refractivity contribution in [2.24, 2.45) is 0 Å². The van der Waals surface area contributed by atoms with Gasteiger partial charge in [0.05, 0.1) is 11.9 Å². The van der Waals surface area contributed by atoms with Crippen molar-refractivity contribution in [1.82, 2.24) is 4.98 Å². The molecule has 0 fully saturated rings. The molecule has 0 saturated heterocycles. The molecule has 2 aromatic carbocycles. The standard InChI is InChI=1S/C21H21N3O/c1-15(2)18-10-6-7-11-19(18)23-17-12-13-20(22-14-17)24-21(25)16-8-4-3-5-9-16/h3-15,23H,1-2H3,(H,22,24,25). The van der Waals surface area contributed by atoms with Gasteiger partial charge in [-0.3, -0.25) is 4.79 Å². The van der Waals surface area contributed by atoms with Crippen molar-refractivity contribution in [3.05, 3.63) is 84.1 Å². The van der Waals surface area contributed by atoms with E-state index in [9.17, 15) is 4.79 Å². The first-order valence-corrected chi connectivity index (χ1v) is 8.32. The second-order valence-electron chi connectivity index (χ2n) is 6.12. The Kier molecular flexibility index (Phi) is 5.09. The van der Waals surface area contributed by atoms with Crippen LogP contribution in [0.15, 0.2) is 72.9 Å². The lowest BCUT2D eigenvalue weighted by molar-refractivity contribution is 0.102. The Bertz CT molecular complexity index is 843. The van der Waals surface area contributed by atoms with Gasteiger partial charge in [0.2, 0.25) is 0 Å². The van der Waals surface area contributed by atoms with Gasteiger partial charge < -0.3 is 10.6 Å². The number of hydrogen-bond acceptors (Lipinski definition) is 3. The molecule has 3 aromatic rings. The molecule has 0 bridgehead atoms. The number of nitrogens with zero attached hydrogens (tertiary/aromatic N) is 1. The molecule has 0 aliphatic rings. The normalized spacial score (nSPS) is 10.5. The van der Waals surface area contributed by atoms with Gasteiger partial charge in [-0.05, 0) is 41.8 Å². The average Bonchev–Trinajstić information content (AvgIpc) is 2.64. The van der Waals surface area contributed by atoms with Crippen molar-refractivity contribution in [1.29, 1.82) is 0 Å². The molecule has 25 heavy (non-hydrogen) atoms. The van der Waals surface area contributed by atoms with Gasteiger partial charge in [0.1, 0.15) is 5.82 Å². The van der Waals surface area contributed by atoms with Crippen LogP contribution in [-0.4, -0.2) is 10.9 Å². The highest BCUT2D eigenvalue weighted by Gasteiger charge is 2.08. The highest BCUT2D eigenvalue weighted by Crippen LogP contribution is 2.26. The Morgan fingerprint density at radius 1 is 0.920 bits per heavy atom. The van der Waals surface area contributed by atoms with Crippen LogP contribution in [0, 0.1) is 0 Å². The number of pyridine rings is 1. The van der Waals surface area contributed by atoms with Gasteiger partial charge in [0, 0.05) is 11.3 Å². The first-order chi connectivity index (χ1) is 12.1. The number of hydrogen-bond donors (Lipinski definition) is 2. The summed E-state index contributed by atoms with van der Waals surface area (Å²) >= 11 is 0. The lowest BCUT2D eigenvalue weighted by Gasteiger charge is -2.14. The second kappa shape index (κ2) is 7.62. The van der Waals surface area contributed by atoms with E-state index in [2.05, 4.69) is 41.6 Å². The van der Waals surface area contributed by atoms with Gasteiger partial charge >= 0.3 is 0 Å². The largest absolute Gasteiger partial charge is 0.354 e. The number of carbonyl (C=O) groups is 1. The first-order valence-electron chi connectivity index (χ1n) is 8.32. The van der Waals surface area contributed by atoms with Gasteiger partial charge in [-0.1, -0.05) is 50.2 Å². The molecule has 1 heterocycles. The Hall–Kier alpha value is -3.14. The summed E-state index contributed by atoms with van der Waals surface area (Å²) in [6.07, 6.45) is 1.72. The number of nitrogens with one attached hydrogen (secondary N) is 2. The summed E-state index contributed by atoms with van der Waals surface area (Å²) in [6.45, 7) is 4.34. The second-order valence-corrected chi connectivity index (χ2v) is 6.12. The van der Waals surface area contributed by atoms with E-state index in [1.165, 1.54) is 5.56 Å². The van der Waals surface area contributed by atoms with E-state index in [4.69, 9.17) is 0 Å². The van der Waals surface area contributed by atoms with Crippen LogP contribution in [-0.2, 0) is 0 Å². The Morgan fingerprint density at radius 2 is 1.64 bits per heavy atom. The first kappa shape index (κ1) is 16.7. The van der Waals surface area contributed by atoms with Crippen molar-refractivity contribution in [2.75, 3.05) is 10.6 Å². The van der Waals surface area contributed by atoms with Crippen LogP contribution in [0.5, 0.6) is 0 Å². The monoisotopic (exact) mass is 331 g/mol. The van der Waals surface area contributed by atoms with Crippen LogP contribution in [0.25, 0.3) is 0 Å². The van der Waals surface area contributed by atoms with Gasteiger partial charge in [-0.15, -0.1) is 0 Å². The topological polar surface area (TPSA) is 54.0 Å². The van der Waals surface area contributed by atoms with Crippen LogP contribution in [0.2, 0.25) is 0 Å².